The molecule has 1 aliphatic carbocycles. The Balaban J connectivity index is 1.33. The van der Waals surface area contributed by atoms with Gasteiger partial charge in [0.2, 0.25) is 11.4 Å². The van der Waals surface area contributed by atoms with E-state index in [1.165, 1.54) is 26.4 Å². The Labute approximate surface area is 601 Å². The average Bonchev–Trinajstić information content (AvgIpc) is 1.59. The van der Waals surface area contributed by atoms with E-state index in [-0.39, 0.29) is 84.6 Å². The SMILES string of the molecule is C=CCOC(=O)O[C@]1(CC#C[Si](CC)(CC)CC)C#CC2=C[C@H](Oc3ccc(nc3Cl)[C@H](NC(=O)c3cc4c(OC)c(OC)c(OC(C)C)cc4cc3OCC=C)CC(=O)OC[C@H]1OCOCc1ccc(OC)cc1)[C@@H](O[C@H]1C[C@@](C)(O)[C@@H](O[Si](CC)(CC)CC)[C@H](C)O1)[C@]21COC(C)(C)O1. The Hall–Kier alpha value is -7.18. The van der Waals surface area contributed by atoms with Crippen LogP contribution in [0.2, 0.25) is 41.4 Å². The van der Waals surface area contributed by atoms with Gasteiger partial charge in [-0.1, -0.05) is 96.5 Å². The van der Waals surface area contributed by atoms with E-state index in [0.717, 1.165) is 41.8 Å². The molecule has 0 unspecified atom stereocenters. The number of halogens is 1. The number of nitrogens with zero attached hydrogens (tertiary/aromatic N) is 1. The summed E-state index contributed by atoms with van der Waals surface area (Å²) in [5.41, 5.74) is -0.535. The third-order valence-electron chi connectivity index (χ3n) is 19.2. The second-order valence-electron chi connectivity index (χ2n) is 26.6. The lowest BCUT2D eigenvalue weighted by Gasteiger charge is -2.49. The van der Waals surface area contributed by atoms with Gasteiger partial charge in [-0.2, -0.15) is 0 Å². The van der Waals surface area contributed by atoms with Crippen LogP contribution in [0, 0.1) is 23.3 Å². The monoisotopic (exact) mass is 1450 g/mol. The minimum atomic E-state index is -2.29. The number of pyridine rings is 1. The number of benzene rings is 3. The molecule has 0 saturated carbocycles. The molecule has 5 heterocycles. The highest BCUT2D eigenvalue weighted by Gasteiger charge is 2.62. The van der Waals surface area contributed by atoms with E-state index in [2.05, 4.69) is 83.3 Å². The number of rotatable bonds is 29. The zero-order chi connectivity index (χ0) is 73.5. The summed E-state index contributed by atoms with van der Waals surface area (Å²) in [4.78, 5) is 49.6. The number of hydrogen-bond donors (Lipinski definition) is 2. The molecule has 9 rings (SSSR count). The van der Waals surface area contributed by atoms with Crippen LogP contribution >= 0.6 is 11.6 Å². The zero-order valence-electron chi connectivity index (χ0n) is 61.1. The summed E-state index contributed by atoms with van der Waals surface area (Å²) in [6.07, 6.45) is -4.08. The first-order chi connectivity index (χ1) is 48.2. The van der Waals surface area contributed by atoms with E-state index in [0.29, 0.717) is 28.0 Å². The van der Waals surface area contributed by atoms with Crippen molar-refractivity contribution in [1.29, 1.82) is 0 Å². The number of aromatic nitrogens is 1. The number of carbonyl (C=O) groups excluding carboxylic acids is 3. The number of ether oxygens (including phenoxy) is 15. The standard InChI is InChI=1S/C76H101ClN2O20Si2/c1-18-36-88-60-39-52-40-61(93-49(9)10)67(86-17)66(85-16)55(52)42-56(60)71(81)79-58-43-64(80)90-46-63(91-48-87-45-51-27-29-54(84-15)30-28-51)75(97-72(82)89-37-19-2,34-26-38-100(20-3,21-4)22-5)35-33-53-41-62(95-59-32-31-57(58)78-70(59)77)69(76(53)47-92-73(12,13)99-76)96-65-44-74(14,83)68(50(11)94-65)98-101(23-6,24-7)25-8/h18-19,27-32,39-42,49-50,58,62-63,65,68-69,83H,1-2,20-25,34,36-37,43-48H2,3-17H3,(H,79,81)/t50-,58+,62-,63+,65-,68-,69+,74+,75+,76-/m0/s1. The molecule has 0 radical (unpaired) electrons. The van der Waals surface area contributed by atoms with Gasteiger partial charge in [-0.25, -0.2) is 9.78 Å². The lowest BCUT2D eigenvalue weighted by Crippen LogP contribution is -2.61. The fourth-order valence-corrected chi connectivity index (χ4v) is 18.8. The molecule has 1 amide bonds. The Kier molecular flexibility index (Phi) is 27.5. The lowest BCUT2D eigenvalue weighted by molar-refractivity contribution is -0.299. The number of carbonyl (C=O) groups is 3. The van der Waals surface area contributed by atoms with Crippen LogP contribution in [-0.2, 0) is 58.5 Å². The topological polar surface area (TPSA) is 244 Å². The van der Waals surface area contributed by atoms with Gasteiger partial charge in [0.05, 0.1) is 88.6 Å². The van der Waals surface area contributed by atoms with E-state index in [1.54, 1.807) is 76.4 Å². The number of amides is 1. The zero-order valence-corrected chi connectivity index (χ0v) is 63.9. The van der Waals surface area contributed by atoms with Crippen molar-refractivity contribution in [2.45, 2.75) is 217 Å². The number of nitrogens with one attached hydrogen (secondary N) is 1. The van der Waals surface area contributed by atoms with Gasteiger partial charge in [0, 0.05) is 17.4 Å². The van der Waals surface area contributed by atoms with Gasteiger partial charge in [0.15, 0.2) is 48.4 Å². The number of esters is 1. The van der Waals surface area contributed by atoms with Crippen LogP contribution < -0.4 is 33.7 Å². The highest BCUT2D eigenvalue weighted by atomic mass is 35.5. The summed E-state index contributed by atoms with van der Waals surface area (Å²) in [7, 11) is -0.0334. The largest absolute Gasteiger partial charge is 0.510 e. The Bertz CT molecular complexity index is 3710. The molecule has 4 aliphatic heterocycles. The molecule has 101 heavy (non-hydrogen) atoms. The molecular formula is C76H101ClN2O20Si2. The highest BCUT2D eigenvalue weighted by molar-refractivity contribution is 6.87. The molecule has 25 heteroatoms. The Morgan fingerprint density at radius 1 is 0.901 bits per heavy atom. The van der Waals surface area contributed by atoms with Crippen LogP contribution in [0.15, 0.2) is 91.6 Å². The van der Waals surface area contributed by atoms with Crippen LogP contribution in [0.3, 0.4) is 0 Å². The van der Waals surface area contributed by atoms with Gasteiger partial charge < -0.3 is 85.9 Å². The smallest absolute Gasteiger partial charge is 0.497 e. The molecule has 2 fully saturated rings. The van der Waals surface area contributed by atoms with Crippen molar-refractivity contribution in [2.75, 3.05) is 54.5 Å². The molecule has 4 bridgehead atoms. The summed E-state index contributed by atoms with van der Waals surface area (Å²) in [5, 5.41) is 16.4. The Morgan fingerprint density at radius 3 is 2.20 bits per heavy atom. The van der Waals surface area contributed by atoms with Gasteiger partial charge in [0.1, 0.15) is 64.5 Å². The van der Waals surface area contributed by atoms with Crippen molar-refractivity contribution in [1.82, 2.24) is 10.3 Å². The van der Waals surface area contributed by atoms with Gasteiger partial charge >= 0.3 is 12.1 Å². The maximum atomic E-state index is 15.3. The number of aliphatic hydroxyl groups is 1. The maximum absolute atomic E-state index is 15.3. The summed E-state index contributed by atoms with van der Waals surface area (Å²) >= 11 is 7.27. The highest BCUT2D eigenvalue weighted by Crippen LogP contribution is 2.50. The van der Waals surface area contributed by atoms with Crippen molar-refractivity contribution < 1.29 is 95.0 Å². The normalized spacial score (nSPS) is 24.9. The van der Waals surface area contributed by atoms with Crippen LogP contribution in [0.4, 0.5) is 4.79 Å². The molecule has 4 aromatic rings. The minimum absolute atomic E-state index is 0.00790. The average molecular weight is 1450 g/mol. The third-order valence-corrected chi connectivity index (χ3v) is 28.9. The lowest BCUT2D eigenvalue weighted by atomic mass is 9.88. The van der Waals surface area contributed by atoms with E-state index in [4.69, 9.17) is 92.1 Å². The summed E-state index contributed by atoms with van der Waals surface area (Å²) < 4.78 is 102. The van der Waals surface area contributed by atoms with E-state index >= 15 is 9.59 Å². The fraction of sp³-hybridized carbons (Fsp3) is 0.553. The molecule has 550 valence electrons. The molecule has 1 spiro atoms. The second-order valence-corrected chi connectivity index (χ2v) is 36.6. The van der Waals surface area contributed by atoms with Crippen molar-refractivity contribution >= 4 is 56.8 Å². The minimum Gasteiger partial charge on any atom is -0.497 e. The van der Waals surface area contributed by atoms with Crippen LogP contribution in [0.5, 0.6) is 34.5 Å². The maximum Gasteiger partial charge on any atom is 0.510 e. The number of fused-ring (bicyclic) bond motifs is 10. The molecule has 3 aromatic carbocycles. The third kappa shape index (κ3) is 18.8. The second kappa shape index (κ2) is 34.9. The summed E-state index contributed by atoms with van der Waals surface area (Å²) in [5.74, 6) is 8.99. The van der Waals surface area contributed by atoms with E-state index < -0.39 is 120 Å². The van der Waals surface area contributed by atoms with Crippen LogP contribution in [-0.4, -0.2) is 165 Å². The predicted octanol–water partition coefficient (Wildman–Crippen LogP) is 13.6. The fourth-order valence-electron chi connectivity index (χ4n) is 13.2. The van der Waals surface area contributed by atoms with Gasteiger partial charge in [-0.3, -0.25) is 9.59 Å². The van der Waals surface area contributed by atoms with Gasteiger partial charge in [0.25, 0.3) is 5.91 Å². The summed E-state index contributed by atoms with van der Waals surface area (Å²) in [6.45, 7) is 29.7. The van der Waals surface area contributed by atoms with E-state index in [9.17, 15) is 9.90 Å². The van der Waals surface area contributed by atoms with Crippen molar-refractivity contribution in [3.05, 3.63) is 114 Å². The van der Waals surface area contributed by atoms with Crippen molar-refractivity contribution in [3.63, 3.8) is 0 Å². The van der Waals surface area contributed by atoms with Crippen LogP contribution in [0.25, 0.3) is 10.8 Å². The molecule has 2 N–H and O–H groups in total. The van der Waals surface area contributed by atoms with E-state index in [1.807, 2.05) is 32.9 Å². The van der Waals surface area contributed by atoms with Crippen molar-refractivity contribution in [2.24, 2.45) is 0 Å². The molecular weight excluding hydrogens is 1350 g/mol. The molecule has 10 atom stereocenters. The number of methoxy groups -OCH3 is 3. The van der Waals surface area contributed by atoms with Crippen molar-refractivity contribution in [3.8, 4) is 57.8 Å². The van der Waals surface area contributed by atoms with Gasteiger partial charge in [-0.05, 0) is 143 Å². The quantitative estimate of drug-likeness (QED) is 0.00976. The van der Waals surface area contributed by atoms with Crippen LogP contribution in [0.1, 0.15) is 130 Å². The molecule has 1 aromatic heterocycles. The molecule has 2 saturated heterocycles. The number of hydrogen-bond acceptors (Lipinski definition) is 21. The molecule has 5 aliphatic rings. The van der Waals surface area contributed by atoms with Gasteiger partial charge in [-0.15, -0.1) is 11.5 Å². The first-order valence-corrected chi connectivity index (χ1v) is 40.3. The first-order valence-electron chi connectivity index (χ1n) is 34.7. The predicted molar refractivity (Wildman–Crippen MR) is 387 cm³/mol. The Morgan fingerprint density at radius 2 is 1.59 bits per heavy atom. The first kappa shape index (κ1) is 79.5. The summed E-state index contributed by atoms with van der Waals surface area (Å²) in [6, 6.07) is 19.1. The molecule has 22 nitrogen and oxygen atoms in total.